The van der Waals surface area contributed by atoms with Crippen molar-refractivity contribution >= 4 is 0 Å². The molecule has 0 fully saturated rings. The summed E-state index contributed by atoms with van der Waals surface area (Å²) in [5.74, 6) is 0.510. The Bertz CT molecular complexity index is 551. The third-order valence-corrected chi connectivity index (χ3v) is 3.09. The molecule has 5 nitrogen and oxygen atoms in total. The molecule has 1 atom stereocenters. The van der Waals surface area contributed by atoms with Gasteiger partial charge in [0.2, 0.25) is 5.88 Å². The number of nitrogens with zero attached hydrogens (tertiary/aromatic N) is 3. The van der Waals surface area contributed by atoms with Crippen LogP contribution in [0.25, 0.3) is 0 Å². The summed E-state index contributed by atoms with van der Waals surface area (Å²) in [6.07, 6.45) is 0.723. The van der Waals surface area contributed by atoms with Gasteiger partial charge in [0.25, 0.3) is 0 Å². The highest BCUT2D eigenvalue weighted by atomic mass is 16.5. The van der Waals surface area contributed by atoms with Crippen LogP contribution < -0.4 is 4.74 Å². The lowest BCUT2D eigenvalue weighted by molar-refractivity contribution is 0.170. The Balaban J connectivity index is 2.15. The first-order chi connectivity index (χ1) is 9.13. The average molecular weight is 261 g/mol. The number of aliphatic hydroxyl groups excluding tert-OH is 1. The molecule has 0 amide bonds. The molecule has 2 aromatic rings. The molecule has 0 bridgehead atoms. The van der Waals surface area contributed by atoms with Crippen LogP contribution in [0.1, 0.15) is 30.1 Å². The number of rotatable bonds is 5. The van der Waals surface area contributed by atoms with Crippen LogP contribution in [0.4, 0.5) is 0 Å². The molecule has 19 heavy (non-hydrogen) atoms. The van der Waals surface area contributed by atoms with Gasteiger partial charge in [-0.15, -0.1) is 0 Å². The smallest absolute Gasteiger partial charge is 0.213 e. The number of aryl methyl sites for hydroxylation is 2. The van der Waals surface area contributed by atoms with E-state index in [-0.39, 0.29) is 0 Å². The van der Waals surface area contributed by atoms with Crippen molar-refractivity contribution in [3.8, 4) is 5.88 Å². The summed E-state index contributed by atoms with van der Waals surface area (Å²) in [5.41, 5.74) is 2.64. The van der Waals surface area contributed by atoms with Gasteiger partial charge < -0.3 is 9.84 Å². The quantitative estimate of drug-likeness (QED) is 0.889. The number of ether oxygens (including phenoxy) is 1. The SMILES string of the molecule is CCc1cc(CC(O)c2cccc(OC)n2)n(C)n1. The topological polar surface area (TPSA) is 60.2 Å². The van der Waals surface area contributed by atoms with Crippen molar-refractivity contribution in [3.63, 3.8) is 0 Å². The van der Waals surface area contributed by atoms with E-state index in [1.54, 1.807) is 19.2 Å². The van der Waals surface area contributed by atoms with Crippen LogP contribution in [0.2, 0.25) is 0 Å². The maximum absolute atomic E-state index is 10.2. The van der Waals surface area contributed by atoms with Crippen molar-refractivity contribution in [3.05, 3.63) is 41.3 Å². The van der Waals surface area contributed by atoms with E-state index in [2.05, 4.69) is 17.0 Å². The second-order valence-electron chi connectivity index (χ2n) is 4.43. The molecule has 0 aliphatic carbocycles. The van der Waals surface area contributed by atoms with Crippen molar-refractivity contribution < 1.29 is 9.84 Å². The van der Waals surface area contributed by atoms with Gasteiger partial charge in [-0.25, -0.2) is 4.98 Å². The fraction of sp³-hybridized carbons (Fsp3) is 0.429. The van der Waals surface area contributed by atoms with Crippen LogP contribution in [0.5, 0.6) is 5.88 Å². The Labute approximate surface area is 112 Å². The number of pyridine rings is 1. The summed E-state index contributed by atoms with van der Waals surface area (Å²) in [4.78, 5) is 4.24. The first-order valence-electron chi connectivity index (χ1n) is 6.34. The van der Waals surface area contributed by atoms with Crippen LogP contribution in [0.3, 0.4) is 0 Å². The predicted octanol–water partition coefficient (Wildman–Crippen LogP) is 1.66. The van der Waals surface area contributed by atoms with Crippen LogP contribution in [0.15, 0.2) is 24.3 Å². The van der Waals surface area contributed by atoms with Gasteiger partial charge in [0, 0.05) is 25.2 Å². The van der Waals surface area contributed by atoms with E-state index in [9.17, 15) is 5.11 Å². The molecule has 0 saturated heterocycles. The highest BCUT2D eigenvalue weighted by Gasteiger charge is 2.14. The van der Waals surface area contributed by atoms with E-state index >= 15 is 0 Å². The Hall–Kier alpha value is -1.88. The number of aliphatic hydroxyl groups is 1. The van der Waals surface area contributed by atoms with Crippen molar-refractivity contribution in [2.24, 2.45) is 7.05 Å². The molecular weight excluding hydrogens is 242 g/mol. The largest absolute Gasteiger partial charge is 0.481 e. The molecule has 102 valence electrons. The van der Waals surface area contributed by atoms with Crippen molar-refractivity contribution in [1.29, 1.82) is 0 Å². The highest BCUT2D eigenvalue weighted by Crippen LogP contribution is 2.19. The van der Waals surface area contributed by atoms with Crippen LogP contribution >= 0.6 is 0 Å². The summed E-state index contributed by atoms with van der Waals surface area (Å²) >= 11 is 0. The second kappa shape index (κ2) is 5.84. The number of aromatic nitrogens is 3. The fourth-order valence-corrected chi connectivity index (χ4v) is 1.97. The minimum atomic E-state index is -0.657. The Morgan fingerprint density at radius 2 is 2.21 bits per heavy atom. The maximum atomic E-state index is 10.2. The number of methoxy groups -OCH3 is 1. The Kier molecular flexibility index (Phi) is 4.16. The molecule has 0 aliphatic heterocycles. The van der Waals surface area contributed by atoms with Gasteiger partial charge in [0.15, 0.2) is 0 Å². The summed E-state index contributed by atoms with van der Waals surface area (Å²) in [5, 5.41) is 14.6. The lowest BCUT2D eigenvalue weighted by atomic mass is 10.1. The molecule has 0 radical (unpaired) electrons. The first kappa shape index (κ1) is 13.5. The molecule has 0 aliphatic rings. The average Bonchev–Trinajstić information content (AvgIpc) is 2.79. The molecular formula is C14H19N3O2. The van der Waals surface area contributed by atoms with Gasteiger partial charge in [-0.05, 0) is 18.6 Å². The van der Waals surface area contributed by atoms with Gasteiger partial charge in [0.1, 0.15) is 6.10 Å². The van der Waals surface area contributed by atoms with Gasteiger partial charge >= 0.3 is 0 Å². The van der Waals surface area contributed by atoms with E-state index in [4.69, 9.17) is 4.74 Å². The van der Waals surface area contributed by atoms with Crippen molar-refractivity contribution in [2.75, 3.05) is 7.11 Å². The third kappa shape index (κ3) is 3.12. The minimum Gasteiger partial charge on any atom is -0.481 e. The normalized spacial score (nSPS) is 12.4. The van der Waals surface area contributed by atoms with Crippen LogP contribution in [-0.4, -0.2) is 27.0 Å². The van der Waals surface area contributed by atoms with Crippen LogP contribution in [0, 0.1) is 0 Å². The van der Waals surface area contributed by atoms with E-state index in [0.717, 1.165) is 17.8 Å². The second-order valence-corrected chi connectivity index (χ2v) is 4.43. The molecule has 0 spiro atoms. The molecule has 1 unspecified atom stereocenters. The zero-order chi connectivity index (χ0) is 13.8. The number of hydrogen-bond acceptors (Lipinski definition) is 4. The lowest BCUT2D eigenvalue weighted by Crippen LogP contribution is -2.08. The Morgan fingerprint density at radius 1 is 1.42 bits per heavy atom. The first-order valence-corrected chi connectivity index (χ1v) is 6.34. The minimum absolute atomic E-state index is 0.490. The van der Waals surface area contributed by atoms with Gasteiger partial charge in [-0.3, -0.25) is 4.68 Å². The summed E-state index contributed by atoms with van der Waals surface area (Å²) in [6.45, 7) is 2.06. The highest BCUT2D eigenvalue weighted by molar-refractivity contribution is 5.19. The van der Waals surface area contributed by atoms with Crippen LogP contribution in [-0.2, 0) is 19.9 Å². The van der Waals surface area contributed by atoms with Gasteiger partial charge in [-0.2, -0.15) is 5.10 Å². The molecule has 2 aromatic heterocycles. The predicted molar refractivity (Wildman–Crippen MR) is 72.0 cm³/mol. The van der Waals surface area contributed by atoms with E-state index in [1.165, 1.54) is 0 Å². The van der Waals surface area contributed by atoms with Crippen molar-refractivity contribution in [1.82, 2.24) is 14.8 Å². The Morgan fingerprint density at radius 3 is 2.84 bits per heavy atom. The van der Waals surface area contributed by atoms with E-state index in [1.807, 2.05) is 23.9 Å². The standard InChI is InChI=1S/C14H19N3O2/c1-4-10-8-11(17(2)16-10)9-13(18)12-6-5-7-14(15-12)19-3/h5-8,13,18H,4,9H2,1-3H3. The molecule has 5 heteroatoms. The maximum Gasteiger partial charge on any atom is 0.213 e. The molecule has 0 saturated carbocycles. The van der Waals surface area contributed by atoms with Gasteiger partial charge in [0.05, 0.1) is 18.5 Å². The molecule has 0 aromatic carbocycles. The monoisotopic (exact) mass is 261 g/mol. The number of hydrogen-bond donors (Lipinski definition) is 1. The third-order valence-electron chi connectivity index (χ3n) is 3.09. The lowest BCUT2D eigenvalue weighted by Gasteiger charge is -2.11. The van der Waals surface area contributed by atoms with E-state index in [0.29, 0.717) is 18.0 Å². The summed E-state index contributed by atoms with van der Waals surface area (Å²) < 4.78 is 6.87. The summed E-state index contributed by atoms with van der Waals surface area (Å²) in [6, 6.07) is 7.40. The molecule has 1 N–H and O–H groups in total. The van der Waals surface area contributed by atoms with Crippen molar-refractivity contribution in [2.45, 2.75) is 25.9 Å². The molecule has 2 heterocycles. The molecule has 2 rings (SSSR count). The van der Waals surface area contributed by atoms with Gasteiger partial charge in [-0.1, -0.05) is 13.0 Å². The fourth-order valence-electron chi connectivity index (χ4n) is 1.97. The van der Waals surface area contributed by atoms with E-state index < -0.39 is 6.10 Å². The summed E-state index contributed by atoms with van der Waals surface area (Å²) in [7, 11) is 3.45. The zero-order valence-corrected chi connectivity index (χ0v) is 11.5. The zero-order valence-electron chi connectivity index (χ0n) is 11.5.